The summed E-state index contributed by atoms with van der Waals surface area (Å²) >= 11 is 0. The lowest BCUT2D eigenvalue weighted by Crippen LogP contribution is -2.55. The molecule has 1 fully saturated rings. The van der Waals surface area contributed by atoms with Gasteiger partial charge in [-0.25, -0.2) is 0 Å². The van der Waals surface area contributed by atoms with Crippen molar-refractivity contribution in [3.63, 3.8) is 0 Å². The van der Waals surface area contributed by atoms with Crippen molar-refractivity contribution in [1.29, 1.82) is 0 Å². The van der Waals surface area contributed by atoms with Gasteiger partial charge in [-0.1, -0.05) is 224 Å². The van der Waals surface area contributed by atoms with Crippen LogP contribution in [0.5, 0.6) is 0 Å². The lowest BCUT2D eigenvalue weighted by Gasteiger charge is -2.51. The fourth-order valence-corrected chi connectivity index (χ4v) is 15.5. The first-order valence-corrected chi connectivity index (χ1v) is 29.8. The smallest absolute Gasteiger partial charge is 0.252 e. The van der Waals surface area contributed by atoms with E-state index in [0.717, 1.165) is 6.42 Å². The van der Waals surface area contributed by atoms with E-state index in [0.29, 0.717) is 0 Å². The molecule has 6 aromatic carbocycles. The van der Waals surface area contributed by atoms with E-state index in [-0.39, 0.29) is 55.6 Å². The molecule has 3 heterocycles. The highest BCUT2D eigenvalue weighted by molar-refractivity contribution is 7.06. The first-order valence-electron chi connectivity index (χ1n) is 29.8. The van der Waals surface area contributed by atoms with Gasteiger partial charge in [0.05, 0.1) is 5.54 Å². The van der Waals surface area contributed by atoms with E-state index >= 15 is 0 Å². The van der Waals surface area contributed by atoms with Gasteiger partial charge in [-0.15, -0.1) is 0 Å². The summed E-state index contributed by atoms with van der Waals surface area (Å²) in [7, 11) is 0. The first-order chi connectivity index (χ1) is 36.1. The van der Waals surface area contributed by atoms with Crippen LogP contribution in [0, 0.1) is 0 Å². The molecule has 0 bridgehead atoms. The minimum Gasteiger partial charge on any atom is -0.334 e. The molecule has 6 aromatic rings. The van der Waals surface area contributed by atoms with E-state index in [4.69, 9.17) is 0 Å². The van der Waals surface area contributed by atoms with Crippen LogP contribution in [0.25, 0.3) is 10.9 Å². The molecule has 1 saturated carbocycles. The molecule has 6 aliphatic rings. The van der Waals surface area contributed by atoms with Crippen molar-refractivity contribution in [3.8, 4) is 0 Å². The Labute approximate surface area is 471 Å². The highest BCUT2D eigenvalue weighted by Crippen LogP contribution is 2.66. The number of anilines is 6. The Balaban J connectivity index is 1.25. The Bertz CT molecular complexity index is 3380. The zero-order chi connectivity index (χ0) is 56.2. The summed E-state index contributed by atoms with van der Waals surface area (Å²) in [6.07, 6.45) is 4.78. The molecule has 0 saturated heterocycles. The van der Waals surface area contributed by atoms with Crippen molar-refractivity contribution in [2.24, 2.45) is 0 Å². The van der Waals surface area contributed by atoms with Crippen LogP contribution in [0.4, 0.5) is 34.1 Å². The van der Waals surface area contributed by atoms with Crippen molar-refractivity contribution in [3.05, 3.63) is 182 Å². The molecule has 0 spiro atoms. The monoisotopic (exact) mass is 1030 g/mol. The summed E-state index contributed by atoms with van der Waals surface area (Å²) in [5.74, 6) is 0. The quantitative estimate of drug-likeness (QED) is 0.164. The average molecular weight is 1030 g/mol. The minimum absolute atomic E-state index is 0.00609. The molecule has 12 rings (SSSR count). The highest BCUT2D eigenvalue weighted by Gasteiger charge is 2.61. The molecule has 78 heavy (non-hydrogen) atoms. The zero-order valence-electron chi connectivity index (χ0n) is 51.7. The Kier molecular flexibility index (Phi) is 11.2. The highest BCUT2D eigenvalue weighted by atomic mass is 15.3. The molecule has 2 atom stereocenters. The lowest BCUT2D eigenvalue weighted by atomic mass is 9.31. The van der Waals surface area contributed by atoms with Crippen LogP contribution in [0.15, 0.2) is 127 Å². The summed E-state index contributed by atoms with van der Waals surface area (Å²) in [5.41, 5.74) is 28.1. The van der Waals surface area contributed by atoms with Gasteiger partial charge < -0.3 is 14.7 Å². The van der Waals surface area contributed by atoms with E-state index in [1.807, 2.05) is 0 Å². The van der Waals surface area contributed by atoms with Crippen molar-refractivity contribution in [2.75, 3.05) is 14.7 Å². The molecule has 404 valence electrons. The van der Waals surface area contributed by atoms with Crippen LogP contribution < -0.4 is 20.2 Å². The summed E-state index contributed by atoms with van der Waals surface area (Å²) in [6, 6.07) is 47.5. The number of allylic oxidation sites excluding steroid dienone is 2. The van der Waals surface area contributed by atoms with Crippen LogP contribution in [-0.4, -0.2) is 12.3 Å². The van der Waals surface area contributed by atoms with Crippen molar-refractivity contribution in [2.45, 2.75) is 220 Å². The third-order valence-corrected chi connectivity index (χ3v) is 20.5. The molecular formula is C74H90BN3. The molecule has 0 amide bonds. The van der Waals surface area contributed by atoms with E-state index in [2.05, 4.69) is 275 Å². The first kappa shape index (κ1) is 52.9. The number of hydrogen-bond donors (Lipinski definition) is 0. The standard InChI is InChI=1S/C74H90BN3/c1-66(2,3)45-24-31-50(32-25-45)76-59-43-52(78-58-37-30-49(70(13,14)15)42-57(58)73(20)38-22-23-39-74(73,78)21)44-60-63(59)75(61-53-35-28-47(68(7,8)9)40-55(53)71(16,17)64(61)76)62-54-36-29-48(69(10,11)12)41-56(54)72(18,19)65(62)77(60)51-33-26-46(27-34-51)67(4,5)6/h24-37,40-44H,22-23,38-39H2,1-21H3. The van der Waals surface area contributed by atoms with Gasteiger partial charge in [0.25, 0.3) is 6.71 Å². The normalized spacial score (nSPS) is 22.1. The second-order valence-electron chi connectivity index (χ2n) is 31.5. The molecule has 0 N–H and O–H groups in total. The van der Waals surface area contributed by atoms with Crippen LogP contribution in [0.3, 0.4) is 0 Å². The number of nitrogens with zero attached hydrogens (tertiary/aromatic N) is 3. The van der Waals surface area contributed by atoms with Crippen molar-refractivity contribution >= 4 is 57.2 Å². The SMILES string of the molecule is CC(C)(C)c1ccc(N2C3=C(B4C5=C(N(c6ccc(C(C)(C)C)cc6)c6cc(N7c8ccc(C(C)(C)C)cc8C8(C)CCCCC78C)cc2c64)C(C)(C)c2cc(C(C)(C)C)ccc25)c2ccc(C(C)(C)C)cc2C3(C)C)cc1. The van der Waals surface area contributed by atoms with Crippen LogP contribution >= 0.6 is 0 Å². The van der Waals surface area contributed by atoms with Crippen LogP contribution in [0.1, 0.15) is 227 Å². The second-order valence-corrected chi connectivity index (χ2v) is 31.5. The number of rotatable bonds is 3. The molecule has 0 aromatic heterocycles. The summed E-state index contributed by atoms with van der Waals surface area (Å²) < 4.78 is 0. The maximum absolute atomic E-state index is 2.86. The topological polar surface area (TPSA) is 9.72 Å². The largest absolute Gasteiger partial charge is 0.334 e. The fourth-order valence-electron chi connectivity index (χ4n) is 15.5. The third kappa shape index (κ3) is 7.41. The maximum atomic E-state index is 2.86. The van der Waals surface area contributed by atoms with E-state index in [9.17, 15) is 0 Å². The molecule has 3 nitrogen and oxygen atoms in total. The van der Waals surface area contributed by atoms with E-state index in [1.165, 1.54) is 137 Å². The third-order valence-electron chi connectivity index (χ3n) is 20.5. The van der Waals surface area contributed by atoms with Gasteiger partial charge in [0.15, 0.2) is 0 Å². The van der Waals surface area contributed by atoms with Gasteiger partial charge in [0.1, 0.15) is 0 Å². The van der Waals surface area contributed by atoms with Gasteiger partial charge in [-0.05, 0) is 161 Å². The molecule has 4 heteroatoms. The molecule has 2 unspecified atom stereocenters. The predicted octanol–water partition coefficient (Wildman–Crippen LogP) is 19.4. The number of fused-ring (bicyclic) bond motifs is 9. The van der Waals surface area contributed by atoms with Gasteiger partial charge in [0, 0.05) is 61.8 Å². The lowest BCUT2D eigenvalue weighted by molar-refractivity contribution is 0.195. The van der Waals surface area contributed by atoms with Crippen molar-refractivity contribution in [1.82, 2.24) is 0 Å². The molecule has 3 aliphatic carbocycles. The molecular weight excluding hydrogens is 942 g/mol. The van der Waals surface area contributed by atoms with Gasteiger partial charge >= 0.3 is 0 Å². The number of benzene rings is 6. The minimum atomic E-state index is -0.340. The second kappa shape index (κ2) is 16.4. The molecule has 0 radical (unpaired) electrons. The Hall–Kier alpha value is -5.74. The van der Waals surface area contributed by atoms with E-state index in [1.54, 1.807) is 0 Å². The summed E-state index contributed by atoms with van der Waals surface area (Å²) in [4.78, 5) is 8.41. The van der Waals surface area contributed by atoms with Gasteiger partial charge in [0.2, 0.25) is 0 Å². The molecule has 3 aliphatic heterocycles. The van der Waals surface area contributed by atoms with Crippen molar-refractivity contribution < 1.29 is 0 Å². The fraction of sp³-hybridized carbons (Fsp3) is 0.459. The Morgan fingerprint density at radius 3 is 1.13 bits per heavy atom. The van der Waals surface area contributed by atoms with E-state index < -0.39 is 0 Å². The Morgan fingerprint density at radius 2 is 0.731 bits per heavy atom. The van der Waals surface area contributed by atoms with Crippen LogP contribution in [0.2, 0.25) is 0 Å². The maximum Gasteiger partial charge on any atom is 0.252 e. The predicted molar refractivity (Wildman–Crippen MR) is 338 cm³/mol. The average Bonchev–Trinajstić information content (AvgIpc) is 4.07. The van der Waals surface area contributed by atoms with Gasteiger partial charge in [-0.2, -0.15) is 0 Å². The van der Waals surface area contributed by atoms with Crippen LogP contribution in [-0.2, 0) is 43.3 Å². The summed E-state index contributed by atoms with van der Waals surface area (Å²) in [5, 5.41) is 0. The number of hydrogen-bond acceptors (Lipinski definition) is 3. The Morgan fingerprint density at radius 1 is 0.372 bits per heavy atom. The van der Waals surface area contributed by atoms with Gasteiger partial charge in [-0.3, -0.25) is 0 Å². The summed E-state index contributed by atoms with van der Waals surface area (Å²) in [6.45, 7) is 50.8. The zero-order valence-corrected chi connectivity index (χ0v) is 51.7.